The summed E-state index contributed by atoms with van der Waals surface area (Å²) in [7, 11) is 0. The van der Waals surface area contributed by atoms with E-state index in [0.717, 1.165) is 61.3 Å². The lowest BCUT2D eigenvalue weighted by molar-refractivity contribution is -0.137. The number of hydrogen-bond acceptors (Lipinski definition) is 5. The summed E-state index contributed by atoms with van der Waals surface area (Å²) in [6, 6.07) is 61.4. The van der Waals surface area contributed by atoms with Crippen LogP contribution in [0.15, 0.2) is 188 Å². The minimum atomic E-state index is -4.61. The molecule has 68 heavy (non-hydrogen) atoms. The minimum absolute atomic E-state index is 0.0284. The van der Waals surface area contributed by atoms with Gasteiger partial charge in [0.2, 0.25) is 0 Å². The van der Waals surface area contributed by atoms with Gasteiger partial charge in [-0.3, -0.25) is 0 Å². The Balaban J connectivity index is 0.00000120. The van der Waals surface area contributed by atoms with Crippen LogP contribution in [0.2, 0.25) is 0 Å². The number of fused-ring (bicyclic) bond motifs is 3. The molecule has 0 amide bonds. The van der Waals surface area contributed by atoms with Crippen molar-refractivity contribution >= 4 is 21.8 Å². The van der Waals surface area contributed by atoms with Crippen LogP contribution in [0, 0.1) is 22.7 Å². The van der Waals surface area contributed by atoms with Gasteiger partial charge in [0.05, 0.1) is 45.5 Å². The van der Waals surface area contributed by atoms with Crippen LogP contribution in [-0.2, 0) is 6.18 Å². The van der Waals surface area contributed by atoms with Crippen LogP contribution in [0.25, 0.3) is 95.0 Å². The van der Waals surface area contributed by atoms with Gasteiger partial charge in [-0.2, -0.15) is 23.7 Å². The standard InChI is InChI=1S/C54H31F3N6.C3H8.C2H6/c55-54(56,57)47-14-8-7-13-43(47)42-25-28-46(53-61-51(38-9-3-1-4-10-38)60-52(62-53)39-11-5-2-6-12-39)50(31-42)63-48-29-40(36-19-15-34(32-58)16-20-36)23-26-44(48)45-27-24-41(30-49(45)63)37-21-17-35(33-59)18-22-37;1-3-2;1-2/h1-31H;3H2,1-2H3;1-2H3. The number of hydrogen-bond donors (Lipinski definition) is 0. The highest BCUT2D eigenvalue weighted by atomic mass is 19.4. The second-order valence-electron chi connectivity index (χ2n) is 15.7. The van der Waals surface area contributed by atoms with Gasteiger partial charge in [0.25, 0.3) is 0 Å². The van der Waals surface area contributed by atoms with Crippen LogP contribution in [0.4, 0.5) is 13.2 Å². The monoisotopic (exact) mass is 894 g/mol. The van der Waals surface area contributed by atoms with E-state index in [4.69, 9.17) is 15.0 Å². The maximum atomic E-state index is 14.7. The number of alkyl halides is 3. The maximum Gasteiger partial charge on any atom is 0.417 e. The van der Waals surface area contributed by atoms with E-state index in [-0.39, 0.29) is 5.56 Å². The van der Waals surface area contributed by atoms with Crippen molar-refractivity contribution in [1.82, 2.24) is 19.5 Å². The van der Waals surface area contributed by atoms with E-state index in [1.165, 1.54) is 18.6 Å². The third-order valence-electron chi connectivity index (χ3n) is 11.2. The minimum Gasteiger partial charge on any atom is -0.308 e. The van der Waals surface area contributed by atoms with Crippen molar-refractivity contribution in [3.63, 3.8) is 0 Å². The highest BCUT2D eigenvalue weighted by molar-refractivity contribution is 6.11. The van der Waals surface area contributed by atoms with Gasteiger partial charge in [-0.15, -0.1) is 0 Å². The predicted molar refractivity (Wildman–Crippen MR) is 269 cm³/mol. The molecule has 6 nitrogen and oxygen atoms in total. The van der Waals surface area contributed by atoms with Gasteiger partial charge in [-0.05, 0) is 88.0 Å². The highest BCUT2D eigenvalue weighted by Crippen LogP contribution is 2.43. The van der Waals surface area contributed by atoms with E-state index in [0.29, 0.717) is 45.4 Å². The molecule has 9 heteroatoms. The Morgan fingerprint density at radius 2 is 0.853 bits per heavy atom. The highest BCUT2D eigenvalue weighted by Gasteiger charge is 2.33. The summed E-state index contributed by atoms with van der Waals surface area (Å²) in [5, 5.41) is 20.9. The topological polar surface area (TPSA) is 91.2 Å². The number of rotatable bonds is 7. The zero-order valence-corrected chi connectivity index (χ0v) is 37.9. The first-order valence-electron chi connectivity index (χ1n) is 22.4. The molecule has 0 unspecified atom stereocenters. The molecule has 0 aliphatic rings. The number of aromatic nitrogens is 4. The second kappa shape index (κ2) is 20.2. The summed E-state index contributed by atoms with van der Waals surface area (Å²) < 4.78 is 46.2. The summed E-state index contributed by atoms with van der Waals surface area (Å²) in [5.74, 6) is 1.20. The van der Waals surface area contributed by atoms with Gasteiger partial charge >= 0.3 is 6.18 Å². The van der Waals surface area contributed by atoms with Crippen LogP contribution in [0.5, 0.6) is 0 Å². The summed E-state index contributed by atoms with van der Waals surface area (Å²) in [6.07, 6.45) is -3.36. The van der Waals surface area contributed by atoms with Crippen molar-refractivity contribution in [3.05, 3.63) is 205 Å². The van der Waals surface area contributed by atoms with Gasteiger partial charge < -0.3 is 4.57 Å². The molecule has 0 aliphatic heterocycles. The summed E-state index contributed by atoms with van der Waals surface area (Å²) in [5.41, 5.74) is 8.43. The lowest BCUT2D eigenvalue weighted by atomic mass is 9.96. The maximum absolute atomic E-state index is 14.7. The van der Waals surface area contributed by atoms with Crippen molar-refractivity contribution in [2.45, 2.75) is 40.3 Å². The zero-order chi connectivity index (χ0) is 47.8. The Hall–Kier alpha value is -8.66. The summed E-state index contributed by atoms with van der Waals surface area (Å²) in [6.45, 7) is 8.25. The first kappa shape index (κ1) is 45.9. The smallest absolute Gasteiger partial charge is 0.308 e. The predicted octanol–water partition coefficient (Wildman–Crippen LogP) is 16.2. The molecule has 332 valence electrons. The van der Waals surface area contributed by atoms with E-state index in [1.807, 2.05) is 111 Å². The average molecular weight is 895 g/mol. The molecular formula is C59H45F3N6. The van der Waals surface area contributed by atoms with Gasteiger partial charge in [-0.25, -0.2) is 15.0 Å². The Bertz CT molecular complexity index is 3280. The number of halogens is 3. The molecule has 0 saturated heterocycles. The number of nitrogens with zero attached hydrogens (tertiary/aromatic N) is 6. The van der Waals surface area contributed by atoms with E-state index in [9.17, 15) is 23.7 Å². The first-order chi connectivity index (χ1) is 33.2. The molecule has 0 N–H and O–H groups in total. The lowest BCUT2D eigenvalue weighted by Gasteiger charge is -2.18. The zero-order valence-electron chi connectivity index (χ0n) is 37.9. The molecular weight excluding hydrogens is 850 g/mol. The van der Waals surface area contributed by atoms with Crippen molar-refractivity contribution in [2.75, 3.05) is 0 Å². The van der Waals surface area contributed by atoms with Crippen LogP contribution in [0.1, 0.15) is 50.8 Å². The van der Waals surface area contributed by atoms with E-state index >= 15 is 0 Å². The van der Waals surface area contributed by atoms with Crippen LogP contribution in [-0.4, -0.2) is 19.5 Å². The molecule has 2 aromatic heterocycles. The Labute approximate surface area is 393 Å². The lowest BCUT2D eigenvalue weighted by Crippen LogP contribution is -2.07. The molecule has 0 aliphatic carbocycles. The molecule has 10 aromatic rings. The molecule has 10 rings (SSSR count). The fourth-order valence-electron chi connectivity index (χ4n) is 8.10. The largest absolute Gasteiger partial charge is 0.417 e. The molecule has 0 saturated carbocycles. The van der Waals surface area contributed by atoms with Gasteiger partial charge in [0, 0.05) is 27.5 Å². The number of benzene rings is 8. The summed E-state index contributed by atoms with van der Waals surface area (Å²) in [4.78, 5) is 15.1. The van der Waals surface area contributed by atoms with E-state index in [1.54, 1.807) is 48.5 Å². The second-order valence-corrected chi connectivity index (χ2v) is 15.7. The SMILES string of the molecule is CC.CCC.N#Cc1ccc(-c2ccc3c4ccc(-c5ccc(C#N)cc5)cc4n(-c4cc(-c5ccccc5C(F)(F)F)ccc4-c4nc(-c5ccccc5)nc(-c5ccccc5)n4)c3c2)cc1. The summed E-state index contributed by atoms with van der Waals surface area (Å²) >= 11 is 0. The third kappa shape index (κ3) is 9.37. The van der Waals surface area contributed by atoms with Crippen molar-refractivity contribution < 1.29 is 13.2 Å². The Kier molecular flexibility index (Phi) is 13.7. The van der Waals surface area contributed by atoms with Crippen LogP contribution < -0.4 is 0 Å². The average Bonchev–Trinajstić information content (AvgIpc) is 3.72. The normalized spacial score (nSPS) is 10.9. The fourth-order valence-corrected chi connectivity index (χ4v) is 8.10. The Morgan fingerprint density at radius 3 is 1.31 bits per heavy atom. The van der Waals surface area contributed by atoms with Gasteiger partial charge in [0.1, 0.15) is 0 Å². The molecule has 0 atom stereocenters. The molecule has 8 aromatic carbocycles. The Morgan fingerprint density at radius 1 is 0.441 bits per heavy atom. The molecule has 0 radical (unpaired) electrons. The third-order valence-corrected chi connectivity index (χ3v) is 11.2. The van der Waals surface area contributed by atoms with E-state index < -0.39 is 11.7 Å². The van der Waals surface area contributed by atoms with E-state index in [2.05, 4.69) is 54.8 Å². The van der Waals surface area contributed by atoms with Crippen molar-refractivity contribution in [3.8, 4) is 85.4 Å². The molecule has 2 heterocycles. The molecule has 0 fully saturated rings. The van der Waals surface area contributed by atoms with Gasteiger partial charge in [-0.1, -0.05) is 168 Å². The quantitative estimate of drug-likeness (QED) is 0.159. The van der Waals surface area contributed by atoms with Gasteiger partial charge in [0.15, 0.2) is 17.5 Å². The van der Waals surface area contributed by atoms with Crippen molar-refractivity contribution in [1.29, 1.82) is 10.5 Å². The fraction of sp³-hybridized carbons (Fsp3) is 0.102. The molecule has 0 spiro atoms. The molecule has 0 bridgehead atoms. The van der Waals surface area contributed by atoms with Crippen LogP contribution >= 0.6 is 0 Å². The van der Waals surface area contributed by atoms with Crippen LogP contribution in [0.3, 0.4) is 0 Å². The first-order valence-corrected chi connectivity index (χ1v) is 22.4. The number of nitriles is 2. The van der Waals surface area contributed by atoms with Crippen molar-refractivity contribution in [2.24, 2.45) is 0 Å².